The number of aromatic carboxylic acids is 1. The summed E-state index contributed by atoms with van der Waals surface area (Å²) in [7, 11) is 0. The SMILES string of the molecule is O=C(O)c1ccc(I)c(Oc2cncc(Cl)n2)c1. The van der Waals surface area contributed by atoms with Crippen LogP contribution in [-0.4, -0.2) is 21.0 Å². The Balaban J connectivity index is 2.33. The zero-order chi connectivity index (χ0) is 13.1. The van der Waals surface area contributed by atoms with Crippen molar-refractivity contribution in [3.63, 3.8) is 0 Å². The molecule has 2 aromatic rings. The van der Waals surface area contributed by atoms with Gasteiger partial charge in [-0.2, -0.15) is 4.98 Å². The molecule has 92 valence electrons. The zero-order valence-corrected chi connectivity index (χ0v) is 11.7. The van der Waals surface area contributed by atoms with E-state index in [1.54, 1.807) is 6.07 Å². The molecule has 2 rings (SSSR count). The van der Waals surface area contributed by atoms with Gasteiger partial charge in [0.1, 0.15) is 5.75 Å². The first-order valence-corrected chi connectivity index (χ1v) is 6.20. The second-order valence-corrected chi connectivity index (χ2v) is 4.78. The lowest BCUT2D eigenvalue weighted by atomic mass is 10.2. The van der Waals surface area contributed by atoms with Gasteiger partial charge in [0.05, 0.1) is 21.5 Å². The molecule has 0 bridgehead atoms. The Morgan fingerprint density at radius 3 is 2.83 bits per heavy atom. The number of hydrogen-bond donors (Lipinski definition) is 1. The first-order chi connectivity index (χ1) is 8.56. The maximum Gasteiger partial charge on any atom is 0.335 e. The molecule has 5 nitrogen and oxygen atoms in total. The monoisotopic (exact) mass is 376 g/mol. The van der Waals surface area contributed by atoms with E-state index in [-0.39, 0.29) is 16.6 Å². The summed E-state index contributed by atoms with van der Waals surface area (Å²) in [5.41, 5.74) is 0.139. The van der Waals surface area contributed by atoms with Gasteiger partial charge >= 0.3 is 5.97 Å². The van der Waals surface area contributed by atoms with Crippen molar-refractivity contribution < 1.29 is 14.6 Å². The van der Waals surface area contributed by atoms with E-state index in [4.69, 9.17) is 21.4 Å². The topological polar surface area (TPSA) is 72.3 Å². The molecular weight excluding hydrogens is 370 g/mol. The highest BCUT2D eigenvalue weighted by atomic mass is 127. The molecule has 0 aliphatic heterocycles. The lowest BCUT2D eigenvalue weighted by Gasteiger charge is -2.07. The number of carbonyl (C=O) groups is 1. The van der Waals surface area contributed by atoms with Gasteiger partial charge in [0.25, 0.3) is 0 Å². The highest BCUT2D eigenvalue weighted by molar-refractivity contribution is 14.1. The van der Waals surface area contributed by atoms with Gasteiger partial charge in [-0.1, -0.05) is 11.6 Å². The summed E-state index contributed by atoms with van der Waals surface area (Å²) in [6.07, 6.45) is 2.78. The molecule has 1 aromatic heterocycles. The summed E-state index contributed by atoms with van der Waals surface area (Å²) < 4.78 is 6.22. The van der Waals surface area contributed by atoms with Gasteiger partial charge < -0.3 is 9.84 Å². The first kappa shape index (κ1) is 13.0. The summed E-state index contributed by atoms with van der Waals surface area (Å²) in [6, 6.07) is 4.57. The van der Waals surface area contributed by atoms with Crippen LogP contribution in [0.4, 0.5) is 0 Å². The number of rotatable bonds is 3. The molecule has 1 aromatic carbocycles. The standard InChI is InChI=1S/C11H6ClIN2O3/c12-9-4-14-5-10(15-9)18-8-3-6(11(16)17)1-2-7(8)13/h1-5H,(H,16,17). The lowest BCUT2D eigenvalue weighted by Crippen LogP contribution is -1.98. The molecule has 18 heavy (non-hydrogen) atoms. The molecule has 0 atom stereocenters. The van der Waals surface area contributed by atoms with Gasteiger partial charge in [-0.3, -0.25) is 4.98 Å². The van der Waals surface area contributed by atoms with Gasteiger partial charge in [-0.15, -0.1) is 0 Å². The van der Waals surface area contributed by atoms with Crippen molar-refractivity contribution in [1.29, 1.82) is 0 Å². The summed E-state index contributed by atoms with van der Waals surface area (Å²) in [5.74, 6) is -0.413. The maximum absolute atomic E-state index is 10.9. The smallest absolute Gasteiger partial charge is 0.335 e. The largest absolute Gasteiger partial charge is 0.478 e. The van der Waals surface area contributed by atoms with Crippen LogP contribution >= 0.6 is 34.2 Å². The summed E-state index contributed by atoms with van der Waals surface area (Å²) in [4.78, 5) is 18.6. The molecule has 0 spiro atoms. The maximum atomic E-state index is 10.9. The second kappa shape index (κ2) is 5.49. The normalized spacial score (nSPS) is 10.1. The van der Waals surface area contributed by atoms with Crippen molar-refractivity contribution >= 4 is 40.2 Å². The Bertz CT molecular complexity index is 607. The van der Waals surface area contributed by atoms with E-state index in [2.05, 4.69) is 9.97 Å². The van der Waals surface area contributed by atoms with Crippen molar-refractivity contribution in [3.05, 3.63) is 44.9 Å². The van der Waals surface area contributed by atoms with Gasteiger partial charge in [0.15, 0.2) is 5.15 Å². The Morgan fingerprint density at radius 1 is 1.39 bits per heavy atom. The van der Waals surface area contributed by atoms with Gasteiger partial charge in [-0.05, 0) is 40.8 Å². The number of halogens is 2. The summed E-state index contributed by atoms with van der Waals surface area (Å²) in [6.45, 7) is 0. The molecule has 0 aliphatic rings. The van der Waals surface area contributed by atoms with Crippen LogP contribution in [0.1, 0.15) is 10.4 Å². The van der Waals surface area contributed by atoms with E-state index in [0.717, 1.165) is 3.57 Å². The fourth-order valence-corrected chi connectivity index (χ4v) is 1.79. The van der Waals surface area contributed by atoms with E-state index in [1.807, 2.05) is 22.6 Å². The van der Waals surface area contributed by atoms with E-state index < -0.39 is 5.97 Å². The molecule has 0 aliphatic carbocycles. The van der Waals surface area contributed by atoms with Crippen LogP contribution in [0.5, 0.6) is 11.6 Å². The Morgan fingerprint density at radius 2 is 2.17 bits per heavy atom. The summed E-state index contributed by atoms with van der Waals surface area (Å²) in [5, 5.41) is 9.11. The lowest BCUT2D eigenvalue weighted by molar-refractivity contribution is 0.0696. The molecule has 1 N–H and O–H groups in total. The zero-order valence-electron chi connectivity index (χ0n) is 8.80. The van der Waals surface area contributed by atoms with E-state index in [0.29, 0.717) is 5.75 Å². The molecule has 0 unspecified atom stereocenters. The van der Waals surface area contributed by atoms with Crippen LogP contribution in [0.15, 0.2) is 30.6 Å². The number of ether oxygens (including phenoxy) is 1. The number of carboxylic acid groups (broad SMARTS) is 1. The molecule has 0 saturated carbocycles. The third-order valence-corrected chi connectivity index (χ3v) is 3.05. The van der Waals surface area contributed by atoms with Crippen molar-refractivity contribution in [3.8, 4) is 11.6 Å². The number of benzene rings is 1. The first-order valence-electron chi connectivity index (χ1n) is 4.74. The predicted molar refractivity (Wildman–Crippen MR) is 73.2 cm³/mol. The van der Waals surface area contributed by atoms with Crippen LogP contribution in [0.25, 0.3) is 0 Å². The second-order valence-electron chi connectivity index (χ2n) is 3.23. The number of carboxylic acids is 1. The van der Waals surface area contributed by atoms with Gasteiger partial charge in [-0.25, -0.2) is 4.79 Å². The number of hydrogen-bond acceptors (Lipinski definition) is 4. The van der Waals surface area contributed by atoms with Crippen molar-refractivity contribution in [2.75, 3.05) is 0 Å². The third-order valence-electron chi connectivity index (χ3n) is 1.98. The molecule has 0 radical (unpaired) electrons. The van der Waals surface area contributed by atoms with Crippen molar-refractivity contribution in [2.24, 2.45) is 0 Å². The van der Waals surface area contributed by atoms with Crippen LogP contribution in [-0.2, 0) is 0 Å². The van der Waals surface area contributed by atoms with Gasteiger partial charge in [0.2, 0.25) is 5.88 Å². The van der Waals surface area contributed by atoms with Crippen LogP contribution in [0.2, 0.25) is 5.15 Å². The van der Waals surface area contributed by atoms with Crippen molar-refractivity contribution in [1.82, 2.24) is 9.97 Å². The highest BCUT2D eigenvalue weighted by Gasteiger charge is 2.09. The van der Waals surface area contributed by atoms with E-state index in [9.17, 15) is 4.79 Å². The average molecular weight is 377 g/mol. The Hall–Kier alpha value is -1.41. The van der Waals surface area contributed by atoms with Gasteiger partial charge in [0, 0.05) is 0 Å². The fourth-order valence-electron chi connectivity index (χ4n) is 1.20. The van der Waals surface area contributed by atoms with Crippen LogP contribution in [0, 0.1) is 3.57 Å². The Labute approximate surface area is 121 Å². The number of aromatic nitrogens is 2. The van der Waals surface area contributed by atoms with Crippen LogP contribution in [0.3, 0.4) is 0 Å². The minimum absolute atomic E-state index is 0.139. The molecule has 1 heterocycles. The minimum Gasteiger partial charge on any atom is -0.478 e. The Kier molecular flexibility index (Phi) is 3.97. The highest BCUT2D eigenvalue weighted by Crippen LogP contribution is 2.27. The molecular formula is C11H6ClIN2O3. The van der Waals surface area contributed by atoms with E-state index >= 15 is 0 Å². The van der Waals surface area contributed by atoms with Crippen molar-refractivity contribution in [2.45, 2.75) is 0 Å². The third kappa shape index (κ3) is 3.08. The quantitative estimate of drug-likeness (QED) is 0.833. The number of nitrogens with zero attached hydrogens (tertiary/aromatic N) is 2. The predicted octanol–water partition coefficient (Wildman–Crippen LogP) is 3.23. The minimum atomic E-state index is -1.02. The fraction of sp³-hybridized carbons (Fsp3) is 0. The molecule has 0 amide bonds. The molecule has 0 fully saturated rings. The van der Waals surface area contributed by atoms with Crippen LogP contribution < -0.4 is 4.74 Å². The summed E-state index contributed by atoms with van der Waals surface area (Å²) >= 11 is 7.72. The van der Waals surface area contributed by atoms with E-state index in [1.165, 1.54) is 24.5 Å². The molecule has 0 saturated heterocycles. The average Bonchev–Trinajstić information content (AvgIpc) is 2.31. The molecule has 7 heteroatoms.